The van der Waals surface area contributed by atoms with Gasteiger partial charge in [0, 0.05) is 26.1 Å². The van der Waals surface area contributed by atoms with E-state index in [1.807, 2.05) is 27.7 Å². The molecule has 0 radical (unpaired) electrons. The number of rotatable bonds is 9. The summed E-state index contributed by atoms with van der Waals surface area (Å²) in [4.78, 5) is 22.2. The van der Waals surface area contributed by atoms with Crippen LogP contribution in [0, 0.1) is 5.92 Å². The maximum Gasteiger partial charge on any atom is 0.245 e. The molecule has 0 aliphatic carbocycles. The Kier molecular flexibility index (Phi) is 15.9. The first kappa shape index (κ1) is 20.2. The average Bonchev–Trinajstić information content (AvgIpc) is 2.39. The van der Waals surface area contributed by atoms with E-state index in [1.54, 1.807) is 0 Å². The molecule has 2 N–H and O–H groups in total. The van der Waals surface area contributed by atoms with Crippen LogP contribution in [0.15, 0.2) is 0 Å². The Morgan fingerprint density at radius 1 is 1.00 bits per heavy atom. The van der Waals surface area contributed by atoms with Crippen LogP contribution >= 0.6 is 0 Å². The summed E-state index contributed by atoms with van der Waals surface area (Å²) in [6.07, 6.45) is 2.86. The van der Waals surface area contributed by atoms with Gasteiger partial charge in [-0.2, -0.15) is 0 Å². The van der Waals surface area contributed by atoms with Gasteiger partial charge in [0.05, 0.1) is 0 Å². The van der Waals surface area contributed by atoms with E-state index in [0.29, 0.717) is 13.1 Å². The summed E-state index contributed by atoms with van der Waals surface area (Å²) in [7, 11) is 1.50. The van der Waals surface area contributed by atoms with Crippen LogP contribution in [0.25, 0.3) is 0 Å². The molecular weight excluding hydrogens is 244 g/mol. The van der Waals surface area contributed by atoms with E-state index in [-0.39, 0.29) is 24.3 Å². The third-order valence-electron chi connectivity index (χ3n) is 2.27. The number of hydrogen-bond acceptors (Lipinski definition) is 3. The Labute approximate surface area is 117 Å². The summed E-state index contributed by atoms with van der Waals surface area (Å²) in [5.74, 6) is 0.0577. The lowest BCUT2D eigenvalue weighted by Gasteiger charge is -2.07. The van der Waals surface area contributed by atoms with Gasteiger partial charge in [0.1, 0.15) is 6.61 Å². The highest BCUT2D eigenvalue weighted by Crippen LogP contribution is 1.94. The van der Waals surface area contributed by atoms with Crippen molar-refractivity contribution >= 4 is 11.8 Å². The van der Waals surface area contributed by atoms with Gasteiger partial charge in [-0.3, -0.25) is 9.59 Å². The molecular formula is C14H30N2O3. The van der Waals surface area contributed by atoms with Crippen molar-refractivity contribution in [3.05, 3.63) is 0 Å². The van der Waals surface area contributed by atoms with Crippen LogP contribution < -0.4 is 10.6 Å². The van der Waals surface area contributed by atoms with Crippen LogP contribution in [0.5, 0.6) is 0 Å². The van der Waals surface area contributed by atoms with E-state index < -0.39 is 0 Å². The van der Waals surface area contributed by atoms with Crippen LogP contribution in [0.4, 0.5) is 0 Å². The molecule has 5 nitrogen and oxygen atoms in total. The smallest absolute Gasteiger partial charge is 0.245 e. The Morgan fingerprint density at radius 3 is 2.00 bits per heavy atom. The highest BCUT2D eigenvalue weighted by Gasteiger charge is 2.04. The topological polar surface area (TPSA) is 67.4 Å². The first-order valence-electron chi connectivity index (χ1n) is 7.11. The molecule has 0 rings (SSSR count). The van der Waals surface area contributed by atoms with Crippen molar-refractivity contribution in [2.75, 3.05) is 26.8 Å². The fraction of sp³-hybridized carbons (Fsp3) is 0.857. The molecule has 0 saturated heterocycles. The number of carbonyl (C=O) groups is 2. The van der Waals surface area contributed by atoms with Gasteiger partial charge in [-0.05, 0) is 19.3 Å². The highest BCUT2D eigenvalue weighted by molar-refractivity contribution is 5.77. The van der Waals surface area contributed by atoms with Gasteiger partial charge in [0.25, 0.3) is 0 Å². The van der Waals surface area contributed by atoms with Crippen molar-refractivity contribution in [1.29, 1.82) is 0 Å². The van der Waals surface area contributed by atoms with Crippen LogP contribution in [0.3, 0.4) is 0 Å². The van der Waals surface area contributed by atoms with Crippen molar-refractivity contribution in [2.24, 2.45) is 5.92 Å². The lowest BCUT2D eigenvalue weighted by Crippen LogP contribution is -2.29. The minimum Gasteiger partial charge on any atom is -0.375 e. The van der Waals surface area contributed by atoms with E-state index in [9.17, 15) is 9.59 Å². The first-order chi connectivity index (χ1) is 9.07. The Morgan fingerprint density at radius 2 is 1.53 bits per heavy atom. The second-order valence-corrected chi connectivity index (χ2v) is 4.29. The largest absolute Gasteiger partial charge is 0.375 e. The molecule has 0 aliphatic rings. The predicted octanol–water partition coefficient (Wildman–Crippen LogP) is 1.72. The lowest BCUT2D eigenvalue weighted by molar-refractivity contribution is -0.125. The third-order valence-corrected chi connectivity index (χ3v) is 2.27. The minimum atomic E-state index is -0.0828. The second kappa shape index (κ2) is 15.0. The van der Waals surface area contributed by atoms with Gasteiger partial charge >= 0.3 is 0 Å². The van der Waals surface area contributed by atoms with Gasteiger partial charge in [0.2, 0.25) is 11.8 Å². The zero-order chi connectivity index (χ0) is 15.1. The van der Waals surface area contributed by atoms with Crippen LogP contribution in [0.2, 0.25) is 0 Å². The maximum atomic E-state index is 11.2. The van der Waals surface area contributed by atoms with E-state index >= 15 is 0 Å². The van der Waals surface area contributed by atoms with Gasteiger partial charge in [-0.1, -0.05) is 27.7 Å². The molecule has 2 amide bonds. The van der Waals surface area contributed by atoms with Crippen LogP contribution in [-0.4, -0.2) is 38.6 Å². The number of unbranched alkanes of at least 4 members (excludes halogenated alkanes) is 2. The van der Waals surface area contributed by atoms with Gasteiger partial charge in [0.15, 0.2) is 0 Å². The fourth-order valence-electron chi connectivity index (χ4n) is 1.25. The quantitative estimate of drug-likeness (QED) is 0.629. The summed E-state index contributed by atoms with van der Waals surface area (Å²) < 4.78 is 4.69. The fourth-order valence-corrected chi connectivity index (χ4v) is 1.25. The molecule has 0 fully saturated rings. The van der Waals surface area contributed by atoms with Crippen molar-refractivity contribution in [3.8, 4) is 0 Å². The molecule has 0 unspecified atom stereocenters. The number of ether oxygens (including phenoxy) is 1. The molecule has 19 heavy (non-hydrogen) atoms. The summed E-state index contributed by atoms with van der Waals surface area (Å²) >= 11 is 0. The van der Waals surface area contributed by atoms with Crippen molar-refractivity contribution in [3.63, 3.8) is 0 Å². The maximum absolute atomic E-state index is 11.2. The van der Waals surface area contributed by atoms with Crippen LogP contribution in [0.1, 0.15) is 47.0 Å². The zero-order valence-electron chi connectivity index (χ0n) is 13.0. The molecule has 0 aromatic rings. The van der Waals surface area contributed by atoms with Gasteiger partial charge in [-0.25, -0.2) is 0 Å². The van der Waals surface area contributed by atoms with Crippen LogP contribution in [-0.2, 0) is 14.3 Å². The molecule has 0 aromatic heterocycles. The Hall–Kier alpha value is -1.10. The molecule has 0 aromatic carbocycles. The van der Waals surface area contributed by atoms with Gasteiger partial charge < -0.3 is 15.4 Å². The molecule has 0 bridgehead atoms. The average molecular weight is 274 g/mol. The zero-order valence-corrected chi connectivity index (χ0v) is 13.0. The molecule has 0 heterocycles. The Bertz CT molecular complexity index is 231. The predicted molar refractivity (Wildman–Crippen MR) is 77.9 cm³/mol. The second-order valence-electron chi connectivity index (χ2n) is 4.29. The van der Waals surface area contributed by atoms with E-state index in [4.69, 9.17) is 0 Å². The monoisotopic (exact) mass is 274 g/mol. The van der Waals surface area contributed by atoms with E-state index in [0.717, 1.165) is 19.3 Å². The Balaban J connectivity index is 0. The van der Waals surface area contributed by atoms with Crippen molar-refractivity contribution < 1.29 is 14.3 Å². The number of hydrogen-bond donors (Lipinski definition) is 2. The molecule has 114 valence electrons. The standard InChI is InChI=1S/C12H24N2O3.C2H6/c1-10(2)12(16)14-8-6-4-5-7-13-11(15)9-17-3;1-2/h10H,4-9H2,1-3H3,(H,13,15)(H,14,16);1-2H3. The molecule has 0 aliphatic heterocycles. The number of methoxy groups -OCH3 is 1. The molecule has 0 spiro atoms. The number of amides is 2. The van der Waals surface area contributed by atoms with Crippen molar-refractivity contribution in [2.45, 2.75) is 47.0 Å². The first-order valence-corrected chi connectivity index (χ1v) is 7.11. The highest BCUT2D eigenvalue weighted by atomic mass is 16.5. The van der Waals surface area contributed by atoms with E-state index in [1.165, 1.54) is 7.11 Å². The van der Waals surface area contributed by atoms with E-state index in [2.05, 4.69) is 15.4 Å². The lowest BCUT2D eigenvalue weighted by atomic mass is 10.2. The van der Waals surface area contributed by atoms with Gasteiger partial charge in [-0.15, -0.1) is 0 Å². The summed E-state index contributed by atoms with van der Waals surface area (Å²) in [5.41, 5.74) is 0. The molecule has 0 atom stereocenters. The summed E-state index contributed by atoms with van der Waals surface area (Å²) in [5, 5.41) is 5.61. The normalized spacial score (nSPS) is 9.58. The summed E-state index contributed by atoms with van der Waals surface area (Å²) in [6, 6.07) is 0. The molecule has 0 saturated carbocycles. The summed E-state index contributed by atoms with van der Waals surface area (Å²) in [6.45, 7) is 9.25. The number of nitrogens with one attached hydrogen (secondary N) is 2. The SMILES string of the molecule is CC.COCC(=O)NCCCCCNC(=O)C(C)C. The molecule has 5 heteroatoms. The van der Waals surface area contributed by atoms with Crippen molar-refractivity contribution in [1.82, 2.24) is 10.6 Å². The third kappa shape index (κ3) is 14.8. The number of carbonyl (C=O) groups excluding carboxylic acids is 2. The minimum absolute atomic E-state index is 0.0448.